The van der Waals surface area contributed by atoms with Crippen molar-refractivity contribution in [3.8, 4) is 0 Å². The number of thioether (sulfide) groups is 1. The first kappa shape index (κ1) is 11.7. The highest BCUT2D eigenvalue weighted by Gasteiger charge is 2.23. The molecule has 2 aliphatic rings. The average molecular weight is 231 g/mol. The van der Waals surface area contributed by atoms with Gasteiger partial charge in [0.2, 0.25) is 0 Å². The normalized spacial score (nSPS) is 37.8. The predicted molar refractivity (Wildman–Crippen MR) is 63.5 cm³/mol. The summed E-state index contributed by atoms with van der Waals surface area (Å²) in [6.45, 7) is 5.52. The van der Waals surface area contributed by atoms with Crippen LogP contribution in [0.3, 0.4) is 0 Å². The van der Waals surface area contributed by atoms with E-state index in [0.29, 0.717) is 6.04 Å². The smallest absolute Gasteiger partial charge is 0.0933 e. The SMILES string of the molecule is CC1SCCCC1NCC1COCCO1. The minimum Gasteiger partial charge on any atom is -0.376 e. The largest absolute Gasteiger partial charge is 0.376 e. The molecule has 88 valence electrons. The van der Waals surface area contributed by atoms with Crippen molar-refractivity contribution >= 4 is 11.8 Å². The maximum Gasteiger partial charge on any atom is 0.0933 e. The second-order valence-corrected chi connectivity index (χ2v) is 5.79. The summed E-state index contributed by atoms with van der Waals surface area (Å²) in [6.07, 6.45) is 2.91. The van der Waals surface area contributed by atoms with Gasteiger partial charge in [0.1, 0.15) is 0 Å². The number of nitrogens with one attached hydrogen (secondary N) is 1. The van der Waals surface area contributed by atoms with Crippen molar-refractivity contribution < 1.29 is 9.47 Å². The van der Waals surface area contributed by atoms with E-state index in [-0.39, 0.29) is 6.10 Å². The molecule has 2 aliphatic heterocycles. The number of rotatable bonds is 3. The van der Waals surface area contributed by atoms with Gasteiger partial charge in [-0.1, -0.05) is 6.92 Å². The number of ether oxygens (including phenoxy) is 2. The van der Waals surface area contributed by atoms with Crippen LogP contribution in [0.2, 0.25) is 0 Å². The van der Waals surface area contributed by atoms with Crippen LogP contribution < -0.4 is 5.32 Å². The van der Waals surface area contributed by atoms with Crippen LogP contribution in [0.15, 0.2) is 0 Å². The van der Waals surface area contributed by atoms with Crippen molar-refractivity contribution in [2.75, 3.05) is 32.1 Å². The van der Waals surface area contributed by atoms with E-state index in [0.717, 1.165) is 31.6 Å². The molecule has 0 aromatic heterocycles. The van der Waals surface area contributed by atoms with Crippen LogP contribution in [0.25, 0.3) is 0 Å². The molecule has 1 N–H and O–H groups in total. The molecule has 15 heavy (non-hydrogen) atoms. The van der Waals surface area contributed by atoms with E-state index in [9.17, 15) is 0 Å². The lowest BCUT2D eigenvalue weighted by atomic mass is 10.1. The Morgan fingerprint density at radius 1 is 1.40 bits per heavy atom. The van der Waals surface area contributed by atoms with E-state index in [1.165, 1.54) is 18.6 Å². The lowest BCUT2D eigenvalue weighted by Crippen LogP contribution is -2.45. The maximum absolute atomic E-state index is 5.61. The van der Waals surface area contributed by atoms with Gasteiger partial charge in [0.15, 0.2) is 0 Å². The highest BCUT2D eigenvalue weighted by Crippen LogP contribution is 2.24. The summed E-state index contributed by atoms with van der Waals surface area (Å²) in [5, 5.41) is 4.35. The highest BCUT2D eigenvalue weighted by molar-refractivity contribution is 7.99. The number of hydrogen-bond acceptors (Lipinski definition) is 4. The Hall–Kier alpha value is 0.230. The van der Waals surface area contributed by atoms with E-state index >= 15 is 0 Å². The van der Waals surface area contributed by atoms with Crippen molar-refractivity contribution in [3.05, 3.63) is 0 Å². The molecule has 0 aromatic carbocycles. The summed E-state index contributed by atoms with van der Waals surface area (Å²) in [5.74, 6) is 1.32. The Kier molecular flexibility index (Phi) is 4.75. The van der Waals surface area contributed by atoms with E-state index in [2.05, 4.69) is 24.0 Å². The van der Waals surface area contributed by atoms with Gasteiger partial charge < -0.3 is 14.8 Å². The molecule has 0 saturated carbocycles. The summed E-state index contributed by atoms with van der Waals surface area (Å²) >= 11 is 2.08. The third-order valence-electron chi connectivity index (χ3n) is 3.10. The minimum absolute atomic E-state index is 0.262. The molecule has 0 radical (unpaired) electrons. The molecule has 0 aromatic rings. The van der Waals surface area contributed by atoms with Gasteiger partial charge in [-0.25, -0.2) is 0 Å². The topological polar surface area (TPSA) is 30.5 Å². The first-order chi connectivity index (χ1) is 7.36. The zero-order valence-corrected chi connectivity index (χ0v) is 10.2. The molecule has 0 spiro atoms. The molecule has 3 unspecified atom stereocenters. The van der Waals surface area contributed by atoms with Gasteiger partial charge in [-0.05, 0) is 18.6 Å². The standard InChI is InChI=1S/C11H21NO2S/c1-9-11(3-2-6-15-9)12-7-10-8-13-4-5-14-10/h9-12H,2-8H2,1H3. The summed E-state index contributed by atoms with van der Waals surface area (Å²) in [5.41, 5.74) is 0. The lowest BCUT2D eigenvalue weighted by Gasteiger charge is -2.31. The Bertz CT molecular complexity index is 185. The molecule has 2 fully saturated rings. The van der Waals surface area contributed by atoms with E-state index in [1.54, 1.807) is 0 Å². The fraction of sp³-hybridized carbons (Fsp3) is 1.00. The van der Waals surface area contributed by atoms with Crippen molar-refractivity contribution in [1.29, 1.82) is 0 Å². The van der Waals surface area contributed by atoms with Crippen LogP contribution >= 0.6 is 11.8 Å². The van der Waals surface area contributed by atoms with Gasteiger partial charge in [0.25, 0.3) is 0 Å². The lowest BCUT2D eigenvalue weighted by molar-refractivity contribution is -0.0871. The van der Waals surface area contributed by atoms with Crippen LogP contribution in [0.5, 0.6) is 0 Å². The monoisotopic (exact) mass is 231 g/mol. The minimum atomic E-state index is 0.262. The summed E-state index contributed by atoms with van der Waals surface area (Å²) in [7, 11) is 0. The molecular formula is C11H21NO2S. The van der Waals surface area contributed by atoms with Gasteiger partial charge in [0.05, 0.1) is 25.9 Å². The Labute approximate surface area is 96.3 Å². The molecule has 3 atom stereocenters. The van der Waals surface area contributed by atoms with Gasteiger partial charge in [-0.15, -0.1) is 0 Å². The molecule has 0 amide bonds. The average Bonchev–Trinajstić information content (AvgIpc) is 2.29. The summed E-state index contributed by atoms with van der Waals surface area (Å²) in [6, 6.07) is 0.661. The maximum atomic E-state index is 5.61. The zero-order valence-electron chi connectivity index (χ0n) is 9.41. The first-order valence-corrected chi connectivity index (χ1v) is 6.95. The third kappa shape index (κ3) is 3.63. The van der Waals surface area contributed by atoms with Gasteiger partial charge >= 0.3 is 0 Å². The van der Waals surface area contributed by atoms with Gasteiger partial charge in [-0.2, -0.15) is 11.8 Å². The fourth-order valence-corrected chi connectivity index (χ4v) is 3.30. The fourth-order valence-electron chi connectivity index (χ4n) is 2.13. The molecule has 3 nitrogen and oxygen atoms in total. The molecule has 0 bridgehead atoms. The van der Waals surface area contributed by atoms with Crippen LogP contribution in [0.1, 0.15) is 19.8 Å². The van der Waals surface area contributed by atoms with Crippen molar-refractivity contribution in [1.82, 2.24) is 5.32 Å². The Balaban J connectivity index is 1.67. The van der Waals surface area contributed by atoms with Gasteiger partial charge in [0, 0.05) is 17.8 Å². The van der Waals surface area contributed by atoms with Crippen molar-refractivity contribution in [3.63, 3.8) is 0 Å². The Morgan fingerprint density at radius 3 is 3.07 bits per heavy atom. The number of hydrogen-bond donors (Lipinski definition) is 1. The van der Waals surface area contributed by atoms with Crippen LogP contribution in [-0.2, 0) is 9.47 Å². The second kappa shape index (κ2) is 6.09. The van der Waals surface area contributed by atoms with E-state index < -0.39 is 0 Å². The summed E-state index contributed by atoms with van der Waals surface area (Å²) in [4.78, 5) is 0. The predicted octanol–water partition coefficient (Wildman–Crippen LogP) is 1.28. The van der Waals surface area contributed by atoms with Gasteiger partial charge in [-0.3, -0.25) is 0 Å². The zero-order chi connectivity index (χ0) is 10.5. The quantitative estimate of drug-likeness (QED) is 0.792. The highest BCUT2D eigenvalue weighted by atomic mass is 32.2. The van der Waals surface area contributed by atoms with Crippen molar-refractivity contribution in [2.45, 2.75) is 37.2 Å². The third-order valence-corrected chi connectivity index (χ3v) is 4.48. The van der Waals surface area contributed by atoms with Crippen LogP contribution in [-0.4, -0.2) is 49.5 Å². The van der Waals surface area contributed by atoms with Crippen LogP contribution in [0, 0.1) is 0 Å². The molecule has 0 aliphatic carbocycles. The summed E-state index contributed by atoms with van der Waals surface area (Å²) < 4.78 is 11.0. The van der Waals surface area contributed by atoms with Crippen molar-refractivity contribution in [2.24, 2.45) is 0 Å². The Morgan fingerprint density at radius 2 is 2.33 bits per heavy atom. The molecular weight excluding hydrogens is 210 g/mol. The molecule has 2 saturated heterocycles. The van der Waals surface area contributed by atoms with Crippen LogP contribution in [0.4, 0.5) is 0 Å². The van der Waals surface area contributed by atoms with E-state index in [1.807, 2.05) is 0 Å². The first-order valence-electron chi connectivity index (χ1n) is 5.90. The second-order valence-electron chi connectivity index (χ2n) is 4.30. The van der Waals surface area contributed by atoms with E-state index in [4.69, 9.17) is 9.47 Å². The molecule has 2 rings (SSSR count). The molecule has 4 heteroatoms. The molecule has 2 heterocycles.